The van der Waals surface area contributed by atoms with Crippen LogP contribution in [0.25, 0.3) is 0 Å². The van der Waals surface area contributed by atoms with E-state index < -0.39 is 9.84 Å². The highest BCUT2D eigenvalue weighted by Crippen LogP contribution is 2.46. The number of aryl methyl sites for hydroxylation is 1. The van der Waals surface area contributed by atoms with E-state index in [1.165, 1.54) is 17.5 Å². The van der Waals surface area contributed by atoms with E-state index in [2.05, 4.69) is 36.1 Å². The third-order valence-corrected chi connectivity index (χ3v) is 6.33. The van der Waals surface area contributed by atoms with Crippen LogP contribution in [0.15, 0.2) is 24.3 Å². The lowest BCUT2D eigenvalue weighted by molar-refractivity contribution is 0.0188. The molecule has 0 amide bonds. The highest BCUT2D eigenvalue weighted by Gasteiger charge is 2.45. The van der Waals surface area contributed by atoms with E-state index in [1.54, 1.807) is 0 Å². The zero-order chi connectivity index (χ0) is 13.5. The number of rotatable bonds is 2. The average Bonchev–Trinajstić information content (AvgIpc) is 2.32. The zero-order valence-corrected chi connectivity index (χ0v) is 12.2. The second-order valence-electron chi connectivity index (χ2n) is 5.89. The summed E-state index contributed by atoms with van der Waals surface area (Å²) in [4.78, 5) is 2.40. The summed E-state index contributed by atoms with van der Waals surface area (Å²) in [5, 5.41) is 0. The van der Waals surface area contributed by atoms with Crippen LogP contribution >= 0.6 is 0 Å². The molecule has 0 unspecified atom stereocenters. The van der Waals surface area contributed by atoms with E-state index in [4.69, 9.17) is 0 Å². The van der Waals surface area contributed by atoms with Crippen molar-refractivity contribution in [3.8, 4) is 0 Å². The van der Waals surface area contributed by atoms with Gasteiger partial charge in [-0.25, -0.2) is 8.42 Å². The molecule has 2 fully saturated rings. The van der Waals surface area contributed by atoms with Crippen molar-refractivity contribution >= 4 is 9.84 Å². The Bertz CT molecular complexity index is 544. The van der Waals surface area contributed by atoms with Gasteiger partial charge in [-0.15, -0.1) is 0 Å². The fourth-order valence-electron chi connectivity index (χ4n) is 3.30. The van der Waals surface area contributed by atoms with Gasteiger partial charge in [-0.1, -0.05) is 29.8 Å². The Hall–Kier alpha value is -0.870. The Labute approximate surface area is 115 Å². The minimum Gasteiger partial charge on any atom is -0.292 e. The van der Waals surface area contributed by atoms with E-state index >= 15 is 0 Å². The largest absolute Gasteiger partial charge is 0.292 e. The lowest BCUT2D eigenvalue weighted by Gasteiger charge is -2.52. The molecule has 19 heavy (non-hydrogen) atoms. The van der Waals surface area contributed by atoms with Gasteiger partial charge in [-0.3, -0.25) is 4.90 Å². The maximum Gasteiger partial charge on any atom is 0.152 e. The minimum atomic E-state index is -2.79. The molecular weight excluding hydrogens is 258 g/mol. The van der Waals surface area contributed by atoms with E-state index in [9.17, 15) is 8.42 Å². The van der Waals surface area contributed by atoms with Crippen LogP contribution in [0.3, 0.4) is 0 Å². The zero-order valence-electron chi connectivity index (χ0n) is 11.4. The minimum absolute atomic E-state index is 0.115. The van der Waals surface area contributed by atoms with E-state index in [-0.39, 0.29) is 5.54 Å². The van der Waals surface area contributed by atoms with Crippen molar-refractivity contribution in [1.82, 2.24) is 4.90 Å². The molecule has 1 aliphatic heterocycles. The van der Waals surface area contributed by atoms with Crippen LogP contribution in [0.5, 0.6) is 0 Å². The van der Waals surface area contributed by atoms with Crippen LogP contribution < -0.4 is 0 Å². The van der Waals surface area contributed by atoms with Gasteiger partial charge < -0.3 is 0 Å². The fraction of sp³-hybridized carbons (Fsp3) is 0.600. The van der Waals surface area contributed by atoms with Gasteiger partial charge >= 0.3 is 0 Å². The predicted octanol–water partition coefficient (Wildman–Crippen LogP) is 2.10. The summed E-state index contributed by atoms with van der Waals surface area (Å²) >= 11 is 0. The van der Waals surface area contributed by atoms with E-state index in [0.717, 1.165) is 12.8 Å². The molecule has 0 N–H and O–H groups in total. The van der Waals surface area contributed by atoms with Crippen molar-refractivity contribution in [2.45, 2.75) is 31.7 Å². The molecule has 1 heterocycles. The van der Waals surface area contributed by atoms with Crippen LogP contribution in [0.4, 0.5) is 0 Å². The molecule has 0 spiro atoms. The maximum absolute atomic E-state index is 11.6. The summed E-state index contributed by atoms with van der Waals surface area (Å²) in [6, 6.07) is 8.77. The summed E-state index contributed by atoms with van der Waals surface area (Å²) < 4.78 is 23.2. The highest BCUT2D eigenvalue weighted by molar-refractivity contribution is 7.91. The summed E-state index contributed by atoms with van der Waals surface area (Å²) in [5.41, 5.74) is 2.76. The molecule has 104 valence electrons. The third kappa shape index (κ3) is 2.32. The van der Waals surface area contributed by atoms with Crippen LogP contribution in [-0.4, -0.2) is 37.9 Å². The molecule has 3 rings (SSSR count). The maximum atomic E-state index is 11.6. The Morgan fingerprint density at radius 1 is 1.05 bits per heavy atom. The van der Waals surface area contributed by atoms with Crippen molar-refractivity contribution in [3.05, 3.63) is 35.4 Å². The fourth-order valence-corrected chi connectivity index (χ4v) is 4.50. The van der Waals surface area contributed by atoms with Crippen LogP contribution in [0, 0.1) is 6.92 Å². The summed E-state index contributed by atoms with van der Waals surface area (Å²) in [5.74, 6) is 0.640. The smallest absolute Gasteiger partial charge is 0.152 e. The van der Waals surface area contributed by atoms with E-state index in [1.807, 2.05) is 0 Å². The molecule has 1 saturated carbocycles. The summed E-state index contributed by atoms with van der Waals surface area (Å²) in [6.07, 6.45) is 3.57. The Balaban J connectivity index is 1.86. The van der Waals surface area contributed by atoms with Gasteiger partial charge in [0.15, 0.2) is 9.84 Å². The molecule has 1 aromatic carbocycles. The van der Waals surface area contributed by atoms with Crippen LogP contribution in [0.2, 0.25) is 0 Å². The number of sulfone groups is 1. The molecule has 1 saturated heterocycles. The van der Waals surface area contributed by atoms with Gasteiger partial charge in [-0.05, 0) is 31.7 Å². The van der Waals surface area contributed by atoms with Crippen molar-refractivity contribution < 1.29 is 8.42 Å². The first-order valence-electron chi connectivity index (χ1n) is 7.05. The van der Waals surface area contributed by atoms with Crippen molar-refractivity contribution in [2.24, 2.45) is 0 Å². The Morgan fingerprint density at radius 2 is 1.63 bits per heavy atom. The van der Waals surface area contributed by atoms with Crippen molar-refractivity contribution in [2.75, 3.05) is 24.6 Å². The average molecular weight is 279 g/mol. The lowest BCUT2D eigenvalue weighted by Crippen LogP contribution is -2.56. The normalized spacial score (nSPS) is 25.7. The first-order chi connectivity index (χ1) is 9.02. The molecule has 2 aliphatic rings. The molecule has 1 aliphatic carbocycles. The molecule has 4 heteroatoms. The Kier molecular flexibility index (Phi) is 3.18. The van der Waals surface area contributed by atoms with Crippen LogP contribution in [0.1, 0.15) is 30.4 Å². The number of hydrogen-bond acceptors (Lipinski definition) is 3. The number of hydrogen-bond donors (Lipinski definition) is 0. The molecule has 0 aromatic heterocycles. The second-order valence-corrected chi connectivity index (χ2v) is 8.19. The molecular formula is C15H21NO2S. The van der Waals surface area contributed by atoms with Gasteiger partial charge in [0.1, 0.15) is 0 Å². The molecule has 0 atom stereocenters. The van der Waals surface area contributed by atoms with Crippen molar-refractivity contribution in [1.29, 1.82) is 0 Å². The quantitative estimate of drug-likeness (QED) is 0.832. The standard InChI is InChI=1S/C15H21NO2S/c1-13-3-5-14(6-4-13)15(7-2-8-15)16-9-11-19(17,18)12-10-16/h3-6H,2,7-12H2,1H3. The summed E-state index contributed by atoms with van der Waals surface area (Å²) in [7, 11) is -2.79. The SMILES string of the molecule is Cc1ccc(C2(N3CCS(=O)(=O)CC3)CCC2)cc1. The molecule has 0 radical (unpaired) electrons. The Morgan fingerprint density at radius 3 is 2.11 bits per heavy atom. The lowest BCUT2D eigenvalue weighted by atomic mass is 9.70. The second kappa shape index (κ2) is 4.60. The van der Waals surface area contributed by atoms with Crippen molar-refractivity contribution in [3.63, 3.8) is 0 Å². The first-order valence-corrected chi connectivity index (χ1v) is 8.87. The van der Waals surface area contributed by atoms with E-state index in [0.29, 0.717) is 24.6 Å². The molecule has 0 bridgehead atoms. The van der Waals surface area contributed by atoms with Gasteiger partial charge in [0.2, 0.25) is 0 Å². The van der Waals surface area contributed by atoms with Gasteiger partial charge in [-0.2, -0.15) is 0 Å². The summed E-state index contributed by atoms with van der Waals surface area (Å²) in [6.45, 7) is 3.48. The van der Waals surface area contributed by atoms with Gasteiger partial charge in [0, 0.05) is 18.6 Å². The monoisotopic (exact) mass is 279 g/mol. The third-order valence-electron chi connectivity index (χ3n) is 4.72. The van der Waals surface area contributed by atoms with Crippen LogP contribution in [-0.2, 0) is 15.4 Å². The number of nitrogens with zero attached hydrogens (tertiary/aromatic N) is 1. The first kappa shape index (κ1) is 13.1. The molecule has 1 aromatic rings. The molecule has 3 nitrogen and oxygen atoms in total. The number of benzene rings is 1. The van der Waals surface area contributed by atoms with Gasteiger partial charge in [0.05, 0.1) is 11.5 Å². The predicted molar refractivity (Wildman–Crippen MR) is 76.9 cm³/mol. The highest BCUT2D eigenvalue weighted by atomic mass is 32.2. The topological polar surface area (TPSA) is 37.4 Å². The van der Waals surface area contributed by atoms with Gasteiger partial charge in [0.25, 0.3) is 0 Å².